The van der Waals surface area contributed by atoms with E-state index in [9.17, 15) is 19.7 Å². The highest BCUT2D eigenvalue weighted by molar-refractivity contribution is 5.84. The summed E-state index contributed by atoms with van der Waals surface area (Å²) in [5.74, 6) is -0.778. The number of anilines is 1. The van der Waals surface area contributed by atoms with Crippen LogP contribution in [0.4, 0.5) is 10.2 Å². The first-order valence-corrected chi connectivity index (χ1v) is 6.72. The van der Waals surface area contributed by atoms with Crippen LogP contribution in [0.15, 0.2) is 41.5 Å². The van der Waals surface area contributed by atoms with Gasteiger partial charge in [0, 0.05) is 23.5 Å². The van der Waals surface area contributed by atoms with E-state index in [4.69, 9.17) is 5.73 Å². The van der Waals surface area contributed by atoms with E-state index in [1.54, 1.807) is 18.3 Å². The number of hydrogen-bond acceptors (Lipinski definition) is 5. The topological polar surface area (TPSA) is 124 Å². The van der Waals surface area contributed by atoms with Gasteiger partial charge in [0.05, 0.1) is 5.69 Å². The smallest absolute Gasteiger partial charge is 0.268 e. The van der Waals surface area contributed by atoms with Crippen LogP contribution < -0.4 is 11.3 Å². The van der Waals surface area contributed by atoms with Crippen molar-refractivity contribution in [2.24, 2.45) is 0 Å². The number of H-pyrrole nitrogens is 1. The van der Waals surface area contributed by atoms with Crippen molar-refractivity contribution in [3.63, 3.8) is 0 Å². The maximum absolute atomic E-state index is 13.8. The molecule has 0 saturated heterocycles. The molecule has 0 aliphatic heterocycles. The van der Waals surface area contributed by atoms with Gasteiger partial charge in [0.1, 0.15) is 34.9 Å². The standard InChI is InChI=1S/C16H9FN6O/c17-9-2-3-13(23-5-1-4-21-23)10(6-9)14-11(7-18)15(20)22-16(24)12(14)8-19/h1-6H,(H3,20,22,24). The predicted octanol–water partition coefficient (Wildman–Crippen LogP) is 1.69. The monoisotopic (exact) mass is 320 g/mol. The molecule has 0 aliphatic rings. The zero-order valence-electron chi connectivity index (χ0n) is 12.1. The van der Waals surface area contributed by atoms with E-state index in [1.807, 2.05) is 6.07 Å². The molecule has 0 bridgehead atoms. The first-order chi connectivity index (χ1) is 11.6. The van der Waals surface area contributed by atoms with Crippen LogP contribution in [0.3, 0.4) is 0 Å². The third-order valence-electron chi connectivity index (χ3n) is 3.45. The predicted molar refractivity (Wildman–Crippen MR) is 83.4 cm³/mol. The van der Waals surface area contributed by atoms with Crippen LogP contribution in [0, 0.1) is 28.5 Å². The molecular formula is C16H9FN6O. The molecule has 0 aliphatic carbocycles. The highest BCUT2D eigenvalue weighted by atomic mass is 19.1. The molecule has 0 saturated carbocycles. The SMILES string of the molecule is N#Cc1c(N)[nH]c(=O)c(C#N)c1-c1cc(F)ccc1-n1cccn1. The molecule has 3 aromatic rings. The van der Waals surface area contributed by atoms with E-state index in [0.717, 1.165) is 6.07 Å². The van der Waals surface area contributed by atoms with E-state index >= 15 is 0 Å². The number of aromatic amines is 1. The van der Waals surface area contributed by atoms with E-state index in [2.05, 4.69) is 10.1 Å². The van der Waals surface area contributed by atoms with Gasteiger partial charge in [-0.1, -0.05) is 0 Å². The number of nitriles is 2. The quantitative estimate of drug-likeness (QED) is 0.743. The lowest BCUT2D eigenvalue weighted by Crippen LogP contribution is -2.17. The van der Waals surface area contributed by atoms with Gasteiger partial charge >= 0.3 is 0 Å². The van der Waals surface area contributed by atoms with Crippen LogP contribution in [-0.4, -0.2) is 14.8 Å². The fourth-order valence-corrected chi connectivity index (χ4v) is 2.43. The molecule has 2 heterocycles. The summed E-state index contributed by atoms with van der Waals surface area (Å²) in [6.07, 6.45) is 3.14. The van der Waals surface area contributed by atoms with Gasteiger partial charge in [-0.3, -0.25) is 4.79 Å². The van der Waals surface area contributed by atoms with Crippen LogP contribution in [-0.2, 0) is 0 Å². The van der Waals surface area contributed by atoms with Crippen LogP contribution >= 0.6 is 0 Å². The van der Waals surface area contributed by atoms with Crippen molar-refractivity contribution in [3.8, 4) is 29.0 Å². The van der Waals surface area contributed by atoms with Crippen LogP contribution in [0.1, 0.15) is 11.1 Å². The number of benzene rings is 1. The third kappa shape index (κ3) is 2.28. The summed E-state index contributed by atoms with van der Waals surface area (Å²) >= 11 is 0. The molecule has 7 nitrogen and oxygen atoms in total. The average molecular weight is 320 g/mol. The molecule has 2 aromatic heterocycles. The molecule has 0 amide bonds. The van der Waals surface area contributed by atoms with Gasteiger partial charge < -0.3 is 10.7 Å². The maximum Gasteiger partial charge on any atom is 0.268 e. The Morgan fingerprint density at radius 3 is 2.62 bits per heavy atom. The number of pyridine rings is 1. The normalized spacial score (nSPS) is 10.1. The number of rotatable bonds is 2. The summed E-state index contributed by atoms with van der Waals surface area (Å²) in [5, 5.41) is 22.8. The number of nitrogens with zero attached hydrogens (tertiary/aromatic N) is 4. The van der Waals surface area contributed by atoms with Gasteiger partial charge in [-0.2, -0.15) is 15.6 Å². The summed E-state index contributed by atoms with van der Waals surface area (Å²) in [6.45, 7) is 0. The minimum absolute atomic E-state index is 0.0220. The molecule has 24 heavy (non-hydrogen) atoms. The minimum atomic E-state index is -0.750. The second-order valence-electron chi connectivity index (χ2n) is 4.83. The lowest BCUT2D eigenvalue weighted by atomic mass is 9.95. The average Bonchev–Trinajstić information content (AvgIpc) is 3.08. The number of hydrogen-bond donors (Lipinski definition) is 2. The number of halogens is 1. The van der Waals surface area contributed by atoms with Gasteiger partial charge in [0.2, 0.25) is 0 Å². The zero-order chi connectivity index (χ0) is 17.3. The van der Waals surface area contributed by atoms with Crippen molar-refractivity contribution in [2.45, 2.75) is 0 Å². The fraction of sp³-hybridized carbons (Fsp3) is 0. The Bertz CT molecular complexity index is 1070. The summed E-state index contributed by atoms with van der Waals surface area (Å²) < 4.78 is 15.3. The molecule has 3 rings (SSSR count). The Labute approximate surface area is 135 Å². The van der Waals surface area contributed by atoms with E-state index in [-0.39, 0.29) is 28.1 Å². The second-order valence-corrected chi connectivity index (χ2v) is 4.83. The van der Waals surface area contributed by atoms with Crippen LogP contribution in [0.25, 0.3) is 16.8 Å². The first kappa shape index (κ1) is 15.0. The van der Waals surface area contributed by atoms with Crippen LogP contribution in [0.5, 0.6) is 0 Å². The molecular weight excluding hydrogens is 311 g/mol. The number of nitrogens with two attached hydrogens (primary N) is 1. The van der Waals surface area contributed by atoms with Crippen molar-refractivity contribution >= 4 is 5.82 Å². The van der Waals surface area contributed by atoms with Crippen molar-refractivity contribution < 1.29 is 4.39 Å². The molecule has 3 N–H and O–H groups in total. The highest BCUT2D eigenvalue weighted by Crippen LogP contribution is 2.33. The summed E-state index contributed by atoms with van der Waals surface area (Å²) in [5.41, 5.74) is 5.07. The lowest BCUT2D eigenvalue weighted by molar-refractivity contribution is 0.627. The van der Waals surface area contributed by atoms with Crippen LogP contribution in [0.2, 0.25) is 0 Å². The molecule has 0 fully saturated rings. The Morgan fingerprint density at radius 2 is 2.00 bits per heavy atom. The third-order valence-corrected chi connectivity index (χ3v) is 3.45. The Balaban J connectivity index is 2.48. The zero-order valence-corrected chi connectivity index (χ0v) is 12.1. The van der Waals surface area contributed by atoms with Crippen molar-refractivity contribution in [3.05, 3.63) is 64.0 Å². The van der Waals surface area contributed by atoms with E-state index < -0.39 is 11.4 Å². The number of nitrogen functional groups attached to an aromatic ring is 1. The van der Waals surface area contributed by atoms with Gasteiger partial charge in [-0.15, -0.1) is 0 Å². The lowest BCUT2D eigenvalue weighted by Gasteiger charge is -2.13. The molecule has 8 heteroatoms. The van der Waals surface area contributed by atoms with Gasteiger partial charge in [-0.25, -0.2) is 9.07 Å². The molecule has 0 radical (unpaired) electrons. The molecule has 0 spiro atoms. The van der Waals surface area contributed by atoms with Gasteiger partial charge in [0.15, 0.2) is 0 Å². The number of nitrogens with one attached hydrogen (secondary N) is 1. The summed E-state index contributed by atoms with van der Waals surface area (Å²) in [7, 11) is 0. The summed E-state index contributed by atoms with van der Waals surface area (Å²) in [4.78, 5) is 14.3. The summed E-state index contributed by atoms with van der Waals surface area (Å²) in [6, 6.07) is 9.07. The van der Waals surface area contributed by atoms with Gasteiger partial charge in [0.25, 0.3) is 5.56 Å². The van der Waals surface area contributed by atoms with Gasteiger partial charge in [-0.05, 0) is 24.3 Å². The first-order valence-electron chi connectivity index (χ1n) is 6.72. The van der Waals surface area contributed by atoms with E-state index in [0.29, 0.717) is 5.69 Å². The molecule has 1 aromatic carbocycles. The van der Waals surface area contributed by atoms with Crippen molar-refractivity contribution in [2.75, 3.05) is 5.73 Å². The Hall–Kier alpha value is -3.91. The fourth-order valence-electron chi connectivity index (χ4n) is 2.43. The minimum Gasteiger partial charge on any atom is -0.384 e. The second kappa shape index (κ2) is 5.71. The maximum atomic E-state index is 13.8. The molecule has 0 atom stereocenters. The Kier molecular flexibility index (Phi) is 3.57. The highest BCUT2D eigenvalue weighted by Gasteiger charge is 2.21. The molecule has 116 valence electrons. The largest absolute Gasteiger partial charge is 0.384 e. The molecule has 0 unspecified atom stereocenters. The Morgan fingerprint density at radius 1 is 1.25 bits per heavy atom. The number of aromatic nitrogens is 3. The van der Waals surface area contributed by atoms with E-state index in [1.165, 1.54) is 23.0 Å². The van der Waals surface area contributed by atoms with Crippen molar-refractivity contribution in [1.82, 2.24) is 14.8 Å². The van der Waals surface area contributed by atoms with Crippen molar-refractivity contribution in [1.29, 1.82) is 10.5 Å².